The normalized spacial score (nSPS) is 12.4. The van der Waals surface area contributed by atoms with Crippen molar-refractivity contribution in [2.75, 3.05) is 0 Å². The Bertz CT molecular complexity index is 568. The predicted octanol–water partition coefficient (Wildman–Crippen LogP) is 4.75. The van der Waals surface area contributed by atoms with Crippen LogP contribution in [0.5, 0.6) is 0 Å². The molecule has 2 aromatic carbocycles. The quantitative estimate of drug-likeness (QED) is 0.857. The van der Waals surface area contributed by atoms with Gasteiger partial charge in [-0.25, -0.2) is 4.39 Å². The van der Waals surface area contributed by atoms with E-state index >= 15 is 0 Å². The molecule has 0 heterocycles. The Labute approximate surface area is 122 Å². The highest BCUT2D eigenvalue weighted by molar-refractivity contribution is 9.10. The van der Waals surface area contributed by atoms with Crippen molar-refractivity contribution in [2.24, 2.45) is 0 Å². The maximum atomic E-state index is 13.2. The number of rotatable bonds is 4. The molecule has 0 amide bonds. The molecule has 1 N–H and O–H groups in total. The van der Waals surface area contributed by atoms with E-state index in [0.29, 0.717) is 5.56 Å². The summed E-state index contributed by atoms with van der Waals surface area (Å²) in [7, 11) is 0. The smallest absolute Gasteiger partial charge is 0.126 e. The van der Waals surface area contributed by atoms with Crippen LogP contribution < -0.4 is 5.32 Å². The molecule has 0 aromatic heterocycles. The van der Waals surface area contributed by atoms with Crippen LogP contribution in [0.25, 0.3) is 0 Å². The number of aryl methyl sites for hydroxylation is 1. The zero-order chi connectivity index (χ0) is 13.8. The van der Waals surface area contributed by atoms with Crippen LogP contribution in [0.2, 0.25) is 0 Å². The lowest BCUT2D eigenvalue weighted by molar-refractivity contribution is 0.571. The highest BCUT2D eigenvalue weighted by Gasteiger charge is 2.06. The first-order valence-corrected chi connectivity index (χ1v) is 7.09. The van der Waals surface area contributed by atoms with Crippen LogP contribution in [0.3, 0.4) is 0 Å². The van der Waals surface area contributed by atoms with Crippen molar-refractivity contribution < 1.29 is 4.39 Å². The third-order valence-corrected chi connectivity index (χ3v) is 3.68. The van der Waals surface area contributed by atoms with Gasteiger partial charge in [-0.15, -0.1) is 0 Å². The van der Waals surface area contributed by atoms with Gasteiger partial charge in [-0.1, -0.05) is 40.2 Å². The molecule has 0 aliphatic rings. The van der Waals surface area contributed by atoms with Crippen LogP contribution in [-0.4, -0.2) is 0 Å². The van der Waals surface area contributed by atoms with Crippen LogP contribution in [0.15, 0.2) is 46.9 Å². The average molecular weight is 322 g/mol. The second kappa shape index (κ2) is 6.31. The Kier molecular flexibility index (Phi) is 4.72. The van der Waals surface area contributed by atoms with Gasteiger partial charge in [-0.3, -0.25) is 0 Å². The molecule has 0 saturated carbocycles. The van der Waals surface area contributed by atoms with Crippen molar-refractivity contribution in [3.8, 4) is 0 Å². The van der Waals surface area contributed by atoms with Crippen LogP contribution in [0.4, 0.5) is 4.39 Å². The maximum absolute atomic E-state index is 13.2. The monoisotopic (exact) mass is 321 g/mol. The fraction of sp³-hybridized carbons (Fsp3) is 0.250. The molecule has 0 spiro atoms. The molecule has 0 aliphatic heterocycles. The lowest BCUT2D eigenvalue weighted by atomic mass is 10.1. The second-order valence-electron chi connectivity index (χ2n) is 4.74. The molecule has 0 bridgehead atoms. The molecule has 2 rings (SSSR count). The van der Waals surface area contributed by atoms with Crippen molar-refractivity contribution >= 4 is 15.9 Å². The third-order valence-electron chi connectivity index (χ3n) is 3.18. The molecule has 0 fully saturated rings. The summed E-state index contributed by atoms with van der Waals surface area (Å²) in [5.41, 5.74) is 3.02. The van der Waals surface area contributed by atoms with E-state index in [1.165, 1.54) is 11.6 Å². The standard InChI is InChI=1S/C16H17BrFN/c1-11-8-13(6-7-16(11)18)10-19-12(2)14-4-3-5-15(17)9-14/h3-9,12,19H,10H2,1-2H3. The number of nitrogens with one attached hydrogen (secondary N) is 1. The van der Waals surface area contributed by atoms with Crippen LogP contribution in [0.1, 0.15) is 29.7 Å². The van der Waals surface area contributed by atoms with E-state index < -0.39 is 0 Å². The molecule has 1 unspecified atom stereocenters. The Morgan fingerprint density at radius 3 is 2.68 bits per heavy atom. The second-order valence-corrected chi connectivity index (χ2v) is 5.66. The summed E-state index contributed by atoms with van der Waals surface area (Å²) in [6.45, 7) is 4.64. The van der Waals surface area contributed by atoms with Gasteiger partial charge in [0.1, 0.15) is 5.82 Å². The van der Waals surface area contributed by atoms with E-state index in [4.69, 9.17) is 0 Å². The first-order valence-electron chi connectivity index (χ1n) is 6.30. The first-order chi connectivity index (χ1) is 9.06. The summed E-state index contributed by atoms with van der Waals surface area (Å²) in [6.07, 6.45) is 0. The maximum Gasteiger partial charge on any atom is 0.126 e. The van der Waals surface area contributed by atoms with Gasteiger partial charge in [0.05, 0.1) is 0 Å². The highest BCUT2D eigenvalue weighted by Crippen LogP contribution is 2.18. The summed E-state index contributed by atoms with van der Waals surface area (Å²) in [6, 6.07) is 13.7. The first kappa shape index (κ1) is 14.2. The van der Waals surface area contributed by atoms with Gasteiger partial charge in [0, 0.05) is 17.1 Å². The summed E-state index contributed by atoms with van der Waals surface area (Å²) in [4.78, 5) is 0. The third kappa shape index (κ3) is 3.88. The highest BCUT2D eigenvalue weighted by atomic mass is 79.9. The Balaban J connectivity index is 2.00. The fourth-order valence-corrected chi connectivity index (χ4v) is 2.40. The van der Waals surface area contributed by atoms with E-state index in [9.17, 15) is 4.39 Å². The van der Waals surface area contributed by atoms with Crippen LogP contribution >= 0.6 is 15.9 Å². The van der Waals surface area contributed by atoms with Gasteiger partial charge >= 0.3 is 0 Å². The number of benzene rings is 2. The Hall–Kier alpha value is -1.19. The minimum absolute atomic E-state index is 0.149. The van der Waals surface area contributed by atoms with E-state index in [1.54, 1.807) is 6.92 Å². The fourth-order valence-electron chi connectivity index (χ4n) is 1.98. The number of hydrogen-bond donors (Lipinski definition) is 1. The number of halogens is 2. The molecule has 19 heavy (non-hydrogen) atoms. The summed E-state index contributed by atoms with van der Waals surface area (Å²) < 4.78 is 14.3. The van der Waals surface area contributed by atoms with Crippen LogP contribution in [0, 0.1) is 12.7 Å². The van der Waals surface area contributed by atoms with Gasteiger partial charge in [0.25, 0.3) is 0 Å². The van der Waals surface area contributed by atoms with Gasteiger partial charge in [0.2, 0.25) is 0 Å². The summed E-state index contributed by atoms with van der Waals surface area (Å²) in [5, 5.41) is 3.45. The van der Waals surface area contributed by atoms with Crippen LogP contribution in [-0.2, 0) is 6.54 Å². The van der Waals surface area contributed by atoms with E-state index in [-0.39, 0.29) is 11.9 Å². The molecular weight excluding hydrogens is 305 g/mol. The van der Waals surface area contributed by atoms with Gasteiger partial charge < -0.3 is 5.32 Å². The zero-order valence-electron chi connectivity index (χ0n) is 11.1. The van der Waals surface area contributed by atoms with E-state index in [0.717, 1.165) is 16.6 Å². The van der Waals surface area contributed by atoms with E-state index in [1.807, 2.05) is 24.3 Å². The van der Waals surface area contributed by atoms with Gasteiger partial charge in [0.15, 0.2) is 0 Å². The van der Waals surface area contributed by atoms with Gasteiger partial charge in [-0.2, -0.15) is 0 Å². The molecule has 0 radical (unpaired) electrons. The zero-order valence-corrected chi connectivity index (χ0v) is 12.7. The lowest BCUT2D eigenvalue weighted by Crippen LogP contribution is -2.18. The van der Waals surface area contributed by atoms with Crippen molar-refractivity contribution in [2.45, 2.75) is 26.4 Å². The minimum atomic E-state index is -0.149. The number of hydrogen-bond acceptors (Lipinski definition) is 1. The average Bonchev–Trinajstić information content (AvgIpc) is 2.40. The van der Waals surface area contributed by atoms with E-state index in [2.05, 4.69) is 40.3 Å². The SMILES string of the molecule is Cc1cc(CNC(C)c2cccc(Br)c2)ccc1F. The summed E-state index contributed by atoms with van der Waals surface area (Å²) >= 11 is 3.47. The molecule has 100 valence electrons. The van der Waals surface area contributed by atoms with Crippen molar-refractivity contribution in [3.05, 3.63) is 69.4 Å². The Morgan fingerprint density at radius 2 is 2.00 bits per heavy atom. The lowest BCUT2D eigenvalue weighted by Gasteiger charge is -2.15. The van der Waals surface area contributed by atoms with Crippen molar-refractivity contribution in [1.29, 1.82) is 0 Å². The molecule has 3 heteroatoms. The topological polar surface area (TPSA) is 12.0 Å². The van der Waals surface area contributed by atoms with Crippen molar-refractivity contribution in [1.82, 2.24) is 5.32 Å². The molecular formula is C16H17BrFN. The van der Waals surface area contributed by atoms with Gasteiger partial charge in [-0.05, 0) is 48.7 Å². The molecule has 1 atom stereocenters. The predicted molar refractivity (Wildman–Crippen MR) is 80.5 cm³/mol. The summed E-state index contributed by atoms with van der Waals surface area (Å²) in [5.74, 6) is -0.149. The molecule has 0 saturated heterocycles. The Morgan fingerprint density at radius 1 is 1.21 bits per heavy atom. The largest absolute Gasteiger partial charge is 0.306 e. The molecule has 1 nitrogen and oxygen atoms in total. The minimum Gasteiger partial charge on any atom is -0.306 e. The molecule has 2 aromatic rings. The molecule has 0 aliphatic carbocycles. The van der Waals surface area contributed by atoms with Crippen molar-refractivity contribution in [3.63, 3.8) is 0 Å².